The molecule has 3 rings (SSSR count). The fourth-order valence-electron chi connectivity index (χ4n) is 3.29. The largest absolute Gasteiger partial charge is 1.00 e. The zero-order chi connectivity index (χ0) is 22.9. The van der Waals surface area contributed by atoms with Gasteiger partial charge in [0.05, 0.1) is 12.8 Å². The van der Waals surface area contributed by atoms with E-state index in [1.807, 2.05) is 49.6 Å². The third kappa shape index (κ3) is 7.51. The standard InChI is InChI=1S/C24H26N2O5S.Li.H/c1-16-5-3-4-6-19(16)21-11-17(13-30-14-18-12-25-15-31-18)7-8-20(21)23(27)26-22(24(28)29)9-10-32-2;;/h3-8,11-12,15,22H,9-10,13-14H2,1-2H3,(H,26,27)(H,28,29);;/q;+1;-1/t22-;;/m0../s1. The quantitative estimate of drug-likeness (QED) is 0.416. The first kappa shape index (κ1) is 26.7. The van der Waals surface area contributed by atoms with E-state index in [-0.39, 0.29) is 26.9 Å². The molecule has 0 spiro atoms. The first-order chi connectivity index (χ1) is 15.5. The van der Waals surface area contributed by atoms with E-state index in [0.29, 0.717) is 30.1 Å². The summed E-state index contributed by atoms with van der Waals surface area (Å²) in [5.41, 5.74) is 3.96. The van der Waals surface area contributed by atoms with Crippen LogP contribution in [0.15, 0.2) is 59.5 Å². The first-order valence-electron chi connectivity index (χ1n) is 10.2. The Balaban J connectivity index is 0.00000289. The van der Waals surface area contributed by atoms with Crippen LogP contribution < -0.4 is 24.2 Å². The summed E-state index contributed by atoms with van der Waals surface area (Å²) in [5.74, 6) is -0.179. The summed E-state index contributed by atoms with van der Waals surface area (Å²) in [6, 6.07) is 12.3. The van der Waals surface area contributed by atoms with E-state index in [1.54, 1.807) is 24.0 Å². The molecule has 9 heteroatoms. The van der Waals surface area contributed by atoms with Gasteiger partial charge in [0, 0.05) is 5.56 Å². The number of hydrogen-bond donors (Lipinski definition) is 2. The van der Waals surface area contributed by atoms with Crippen LogP contribution in [0.25, 0.3) is 11.1 Å². The van der Waals surface area contributed by atoms with Crippen molar-refractivity contribution in [2.45, 2.75) is 32.6 Å². The van der Waals surface area contributed by atoms with Gasteiger partial charge in [0.2, 0.25) is 0 Å². The Morgan fingerprint density at radius 2 is 2.00 bits per heavy atom. The number of rotatable bonds is 11. The first-order valence-corrected chi connectivity index (χ1v) is 11.6. The molecule has 1 amide bonds. The number of carboxylic acids is 1. The van der Waals surface area contributed by atoms with Crippen molar-refractivity contribution in [2.75, 3.05) is 12.0 Å². The van der Waals surface area contributed by atoms with Crippen LogP contribution in [-0.4, -0.2) is 40.0 Å². The van der Waals surface area contributed by atoms with Gasteiger partial charge in [-0.15, -0.1) is 0 Å². The number of amides is 1. The fourth-order valence-corrected chi connectivity index (χ4v) is 3.76. The van der Waals surface area contributed by atoms with Crippen molar-refractivity contribution in [3.63, 3.8) is 0 Å². The molecule has 0 saturated carbocycles. The van der Waals surface area contributed by atoms with Crippen molar-refractivity contribution in [3.05, 3.63) is 77.5 Å². The maximum absolute atomic E-state index is 13.1. The second kappa shape index (κ2) is 13.3. The van der Waals surface area contributed by atoms with E-state index in [4.69, 9.17) is 9.15 Å². The summed E-state index contributed by atoms with van der Waals surface area (Å²) in [6.07, 6.45) is 5.21. The number of carbonyl (C=O) groups is 2. The molecule has 170 valence electrons. The number of ether oxygens (including phenoxy) is 1. The number of aryl methyl sites for hydroxylation is 1. The number of oxazole rings is 1. The van der Waals surface area contributed by atoms with Crippen LogP contribution in [0.3, 0.4) is 0 Å². The molecular formula is C24H27LiN2O5S. The average molecular weight is 462 g/mol. The van der Waals surface area contributed by atoms with Gasteiger partial charge < -0.3 is 21.0 Å². The molecular weight excluding hydrogens is 435 g/mol. The maximum atomic E-state index is 13.1. The molecule has 1 aromatic heterocycles. The van der Waals surface area contributed by atoms with E-state index in [9.17, 15) is 14.7 Å². The number of aromatic nitrogens is 1. The minimum atomic E-state index is -1.04. The monoisotopic (exact) mass is 462 g/mol. The second-order valence-corrected chi connectivity index (χ2v) is 8.29. The number of aliphatic carboxylic acids is 1. The van der Waals surface area contributed by atoms with E-state index < -0.39 is 17.9 Å². The van der Waals surface area contributed by atoms with Crippen LogP contribution >= 0.6 is 11.8 Å². The maximum Gasteiger partial charge on any atom is 1.00 e. The van der Waals surface area contributed by atoms with Crippen molar-refractivity contribution < 1.29 is 44.1 Å². The Morgan fingerprint density at radius 1 is 1.21 bits per heavy atom. The van der Waals surface area contributed by atoms with E-state index in [2.05, 4.69) is 10.3 Å². The molecule has 0 bridgehead atoms. The molecule has 33 heavy (non-hydrogen) atoms. The number of hydrogen-bond acceptors (Lipinski definition) is 6. The Morgan fingerprint density at radius 3 is 2.67 bits per heavy atom. The topological polar surface area (TPSA) is 102 Å². The van der Waals surface area contributed by atoms with Crippen LogP contribution in [0.4, 0.5) is 0 Å². The van der Waals surface area contributed by atoms with Crippen molar-refractivity contribution in [1.82, 2.24) is 10.3 Å². The summed E-state index contributed by atoms with van der Waals surface area (Å²) in [5, 5.41) is 12.2. The van der Waals surface area contributed by atoms with Crippen molar-refractivity contribution >= 4 is 23.6 Å². The Bertz CT molecular complexity index is 1070. The smallest absolute Gasteiger partial charge is 1.00 e. The van der Waals surface area contributed by atoms with Gasteiger partial charge in [0.15, 0.2) is 6.39 Å². The normalized spacial score (nSPS) is 11.5. The summed E-state index contributed by atoms with van der Waals surface area (Å²) < 4.78 is 10.9. The van der Waals surface area contributed by atoms with Crippen LogP contribution in [0.2, 0.25) is 0 Å². The summed E-state index contributed by atoms with van der Waals surface area (Å²) in [6.45, 7) is 2.59. The average Bonchev–Trinajstić information content (AvgIpc) is 3.30. The van der Waals surface area contributed by atoms with Crippen LogP contribution in [0.5, 0.6) is 0 Å². The van der Waals surface area contributed by atoms with Gasteiger partial charge in [0.1, 0.15) is 18.4 Å². The van der Waals surface area contributed by atoms with Gasteiger partial charge in [-0.2, -0.15) is 11.8 Å². The third-order valence-electron chi connectivity index (χ3n) is 4.97. The van der Waals surface area contributed by atoms with E-state index >= 15 is 0 Å². The molecule has 0 radical (unpaired) electrons. The van der Waals surface area contributed by atoms with Gasteiger partial charge in [-0.1, -0.05) is 30.3 Å². The third-order valence-corrected chi connectivity index (χ3v) is 5.62. The molecule has 2 N–H and O–H groups in total. The number of nitrogens with one attached hydrogen (secondary N) is 1. The van der Waals surface area contributed by atoms with Gasteiger partial charge in [-0.3, -0.25) is 4.79 Å². The fraction of sp³-hybridized carbons (Fsp3) is 0.292. The van der Waals surface area contributed by atoms with Crippen molar-refractivity contribution in [1.29, 1.82) is 0 Å². The summed E-state index contributed by atoms with van der Waals surface area (Å²) in [7, 11) is 0. The van der Waals surface area contributed by atoms with E-state index in [0.717, 1.165) is 22.3 Å². The van der Waals surface area contributed by atoms with Crippen LogP contribution in [0, 0.1) is 6.92 Å². The van der Waals surface area contributed by atoms with Gasteiger partial charge >= 0.3 is 24.8 Å². The van der Waals surface area contributed by atoms with Gasteiger partial charge in [0.25, 0.3) is 5.91 Å². The Hall–Kier alpha value is -2.50. The number of benzene rings is 2. The SMILES string of the molecule is CSCC[C@H](NC(=O)c1ccc(COCc2cnco2)cc1-c1ccccc1C)C(=O)O.[H-].[Li+]. The van der Waals surface area contributed by atoms with E-state index in [1.165, 1.54) is 6.39 Å². The molecule has 0 aliphatic carbocycles. The molecule has 0 aliphatic rings. The molecule has 2 aromatic carbocycles. The molecule has 1 atom stereocenters. The molecule has 0 fully saturated rings. The Labute approximate surface area is 211 Å². The summed E-state index contributed by atoms with van der Waals surface area (Å²) in [4.78, 5) is 28.5. The second-order valence-electron chi connectivity index (χ2n) is 7.30. The molecule has 0 aliphatic heterocycles. The number of carboxylic acid groups (broad SMARTS) is 1. The van der Waals surface area contributed by atoms with Crippen molar-refractivity contribution in [3.8, 4) is 11.1 Å². The molecule has 7 nitrogen and oxygen atoms in total. The minimum absolute atomic E-state index is 0. The van der Waals surface area contributed by atoms with Gasteiger partial charge in [-0.05, 0) is 59.7 Å². The van der Waals surface area contributed by atoms with Gasteiger partial charge in [-0.25, -0.2) is 9.78 Å². The number of nitrogens with zero attached hydrogens (tertiary/aromatic N) is 1. The molecule has 0 unspecified atom stereocenters. The Kier molecular flexibility index (Phi) is 10.8. The van der Waals surface area contributed by atoms with Crippen LogP contribution in [-0.2, 0) is 22.7 Å². The zero-order valence-corrected chi connectivity index (χ0v) is 19.9. The van der Waals surface area contributed by atoms with Crippen LogP contribution in [0.1, 0.15) is 35.1 Å². The van der Waals surface area contributed by atoms with Crippen molar-refractivity contribution in [2.24, 2.45) is 0 Å². The number of carbonyl (C=O) groups excluding carboxylic acids is 1. The predicted molar refractivity (Wildman–Crippen MR) is 125 cm³/mol. The molecule has 3 aromatic rings. The minimum Gasteiger partial charge on any atom is -1.00 e. The predicted octanol–water partition coefficient (Wildman–Crippen LogP) is 1.42. The molecule has 1 heterocycles. The number of thioether (sulfide) groups is 1. The zero-order valence-electron chi connectivity index (χ0n) is 20.0. The summed E-state index contributed by atoms with van der Waals surface area (Å²) >= 11 is 1.54. The molecule has 0 saturated heterocycles.